The van der Waals surface area contributed by atoms with E-state index in [9.17, 15) is 4.79 Å². The first-order chi connectivity index (χ1) is 8.09. The molecule has 0 bridgehead atoms. The molecule has 0 radical (unpaired) electrons. The number of carbonyl (C=O) groups excluding carboxylic acids is 1. The van der Waals surface area contributed by atoms with Gasteiger partial charge in [-0.15, -0.1) is 0 Å². The number of amides is 1. The number of hydrogen-bond acceptors (Lipinski definition) is 1. The summed E-state index contributed by atoms with van der Waals surface area (Å²) in [5.41, 5.74) is 2.76. The van der Waals surface area contributed by atoms with Crippen LogP contribution in [0.5, 0.6) is 0 Å². The monoisotopic (exact) mass is 350 g/mol. The minimum absolute atomic E-state index is 0. The van der Waals surface area contributed by atoms with Gasteiger partial charge in [0, 0.05) is 0 Å². The molecule has 0 saturated heterocycles. The van der Waals surface area contributed by atoms with Crippen LogP contribution in [0.2, 0.25) is 13.1 Å². The number of benzene rings is 1. The van der Waals surface area contributed by atoms with Crippen molar-refractivity contribution in [1.82, 2.24) is 3.80 Å². The molecular formula is C13H18Cl2NOSiTi. The second-order valence-electron chi connectivity index (χ2n) is 4.76. The summed E-state index contributed by atoms with van der Waals surface area (Å²) >= 11 is -1.50. The van der Waals surface area contributed by atoms with Crippen molar-refractivity contribution in [2.45, 2.75) is 24.2 Å². The zero-order valence-corrected chi connectivity index (χ0v) is 15.5. The Balaban J connectivity index is 0.00000162. The Labute approximate surface area is 134 Å². The summed E-state index contributed by atoms with van der Waals surface area (Å²) in [7, 11) is 0. The molecule has 1 aliphatic rings. The summed E-state index contributed by atoms with van der Waals surface area (Å²) in [4.78, 5) is 11.4. The molecule has 1 N–H and O–H groups in total. The van der Waals surface area contributed by atoms with Crippen molar-refractivity contribution in [3.8, 4) is 0 Å². The van der Waals surface area contributed by atoms with Crippen molar-refractivity contribution < 1.29 is 47.0 Å². The summed E-state index contributed by atoms with van der Waals surface area (Å²) in [6, 6.07) is 8.56. The second-order valence-corrected chi connectivity index (χ2v) is 17.8. The van der Waals surface area contributed by atoms with Crippen molar-refractivity contribution in [2.75, 3.05) is 0 Å². The van der Waals surface area contributed by atoms with Crippen LogP contribution in [-0.4, -0.2) is 12.6 Å². The molecule has 19 heavy (non-hydrogen) atoms. The third kappa shape index (κ3) is 4.47. The molecular weight excluding hydrogens is 333 g/mol. The van der Waals surface area contributed by atoms with E-state index in [1.54, 1.807) is 6.92 Å². The smallest absolute Gasteiger partial charge is 1.00 e. The molecule has 1 aromatic carbocycles. The number of halogens is 2. The summed E-state index contributed by atoms with van der Waals surface area (Å²) in [5, 5.41) is 0. The summed E-state index contributed by atoms with van der Waals surface area (Å²) < 4.78 is 3.83. The summed E-state index contributed by atoms with van der Waals surface area (Å²) in [6.45, 7) is 5.60. The van der Waals surface area contributed by atoms with Crippen molar-refractivity contribution >= 4 is 18.6 Å². The molecule has 2 rings (SSSR count). The van der Waals surface area contributed by atoms with Crippen LogP contribution in [-0.2, 0) is 22.2 Å². The van der Waals surface area contributed by atoms with Gasteiger partial charge in [-0.25, -0.2) is 0 Å². The average molecular weight is 351 g/mol. The fourth-order valence-electron chi connectivity index (χ4n) is 2.31. The van der Waals surface area contributed by atoms with Crippen molar-refractivity contribution in [3.63, 3.8) is 0 Å². The molecule has 0 aromatic heterocycles. The third-order valence-corrected chi connectivity index (χ3v) is 15.1. The van der Waals surface area contributed by atoms with E-state index in [4.69, 9.17) is 0 Å². The molecule has 6 heteroatoms. The average Bonchev–Trinajstić information content (AvgIpc) is 2.69. The van der Waals surface area contributed by atoms with E-state index in [2.05, 4.69) is 53.3 Å². The van der Waals surface area contributed by atoms with Crippen molar-refractivity contribution in [2.24, 2.45) is 0 Å². The quantitative estimate of drug-likeness (QED) is 0.561. The van der Waals surface area contributed by atoms with Gasteiger partial charge in [0.1, 0.15) is 0 Å². The van der Waals surface area contributed by atoms with E-state index in [0.29, 0.717) is 4.22 Å². The van der Waals surface area contributed by atoms with Gasteiger partial charge in [-0.2, -0.15) is 0 Å². The predicted octanol–water partition coefficient (Wildman–Crippen LogP) is -3.58. The van der Waals surface area contributed by atoms with Crippen LogP contribution in [0.1, 0.15) is 22.3 Å². The second kappa shape index (κ2) is 8.28. The molecule has 0 saturated carbocycles. The number of rotatable bonds is 3. The van der Waals surface area contributed by atoms with Gasteiger partial charge in [0.25, 0.3) is 0 Å². The minimum atomic E-state index is -1.50. The maximum atomic E-state index is 11.4. The largest absolute Gasteiger partial charge is 1.00 e. The Morgan fingerprint density at radius 2 is 1.89 bits per heavy atom. The number of nitrogens with one attached hydrogen (secondary N) is 1. The first kappa shape index (κ1) is 18.9. The Morgan fingerprint density at radius 1 is 1.26 bits per heavy atom. The van der Waals surface area contributed by atoms with Gasteiger partial charge in [0.05, 0.1) is 0 Å². The molecule has 1 unspecified atom stereocenters. The van der Waals surface area contributed by atoms with Crippen LogP contribution in [0, 0.1) is 0 Å². The number of hydrogen-bond donors (Lipinski definition) is 1. The molecule has 0 spiro atoms. The molecule has 1 aliphatic carbocycles. The topological polar surface area (TPSA) is 29.1 Å². The van der Waals surface area contributed by atoms with Gasteiger partial charge >= 0.3 is 110 Å². The maximum absolute atomic E-state index is 11.4. The number of carbonyl (C=O) groups is 1. The predicted molar refractivity (Wildman–Crippen MR) is 70.9 cm³/mol. The van der Waals surface area contributed by atoms with E-state index in [-0.39, 0.29) is 30.7 Å². The summed E-state index contributed by atoms with van der Waals surface area (Å²) in [6.07, 6.45) is 4.52. The summed E-state index contributed by atoms with van der Waals surface area (Å²) in [5.74, 6) is 0.152. The van der Waals surface area contributed by atoms with E-state index >= 15 is 0 Å². The first-order valence-corrected chi connectivity index (χ1v) is 13.3. The van der Waals surface area contributed by atoms with E-state index < -0.39 is 24.0 Å². The third-order valence-electron chi connectivity index (χ3n) is 3.08. The molecule has 0 heterocycles. The maximum Gasteiger partial charge on any atom is -1.00 e. The van der Waals surface area contributed by atoms with Crippen LogP contribution in [0.15, 0.2) is 30.3 Å². The molecule has 0 fully saturated rings. The number of allylic oxidation sites excluding steroid dienone is 1. The van der Waals surface area contributed by atoms with E-state index in [1.807, 2.05) is 0 Å². The zero-order valence-electron chi connectivity index (χ0n) is 11.3. The van der Waals surface area contributed by atoms with Crippen LogP contribution < -0.4 is 28.6 Å². The zero-order chi connectivity index (χ0) is 12.4. The fraction of sp³-hybridized carbons (Fsp3) is 0.308. The van der Waals surface area contributed by atoms with Crippen molar-refractivity contribution in [3.05, 3.63) is 41.5 Å². The van der Waals surface area contributed by atoms with E-state index in [0.717, 1.165) is 0 Å². The molecule has 0 aliphatic heterocycles. The SMILES string of the molecule is CC(=O)[NH][Ti+2]([CH]1C=Cc2ccccc21)[SiH](C)C.[Cl-].[Cl-]. The van der Waals surface area contributed by atoms with Crippen LogP contribution in [0.25, 0.3) is 6.08 Å². The molecule has 1 aromatic rings. The van der Waals surface area contributed by atoms with Gasteiger partial charge < -0.3 is 24.8 Å². The van der Waals surface area contributed by atoms with Crippen LogP contribution >= 0.6 is 0 Å². The minimum Gasteiger partial charge on any atom is -1.00 e. The van der Waals surface area contributed by atoms with Gasteiger partial charge in [-0.3, -0.25) is 0 Å². The van der Waals surface area contributed by atoms with Crippen LogP contribution in [0.3, 0.4) is 0 Å². The van der Waals surface area contributed by atoms with E-state index in [1.165, 1.54) is 11.1 Å². The molecule has 1 amide bonds. The van der Waals surface area contributed by atoms with Crippen LogP contribution in [0.4, 0.5) is 0 Å². The molecule has 2 nitrogen and oxygen atoms in total. The van der Waals surface area contributed by atoms with Gasteiger partial charge in [-0.05, 0) is 0 Å². The Bertz CT molecular complexity index is 468. The van der Waals surface area contributed by atoms with Gasteiger partial charge in [0.15, 0.2) is 0 Å². The Kier molecular flexibility index (Phi) is 8.25. The van der Waals surface area contributed by atoms with Gasteiger partial charge in [0.2, 0.25) is 0 Å². The Morgan fingerprint density at radius 3 is 2.47 bits per heavy atom. The molecule has 103 valence electrons. The standard InChI is InChI=1S/C9H7.C2H5NO.C2H7Si.2ClH.Ti/c1-2-5-9-7-3-6-8(9)4-1;1-2(3)4;1-3-2;;;/h1-7H;1H3,(H2,3,4);3H,1-2H3;2*1H;/q;;;;;+3/p-3. The fourth-order valence-corrected chi connectivity index (χ4v) is 12.4. The Hall–Kier alpha value is -0.0588. The van der Waals surface area contributed by atoms with Gasteiger partial charge in [-0.1, -0.05) is 0 Å². The normalized spacial score (nSPS) is 15.3. The number of fused-ring (bicyclic) bond motifs is 1. The first-order valence-electron chi connectivity index (χ1n) is 6.01. The van der Waals surface area contributed by atoms with Crippen molar-refractivity contribution in [1.29, 1.82) is 0 Å². The molecule has 1 atom stereocenters.